The largest absolute Gasteiger partial charge is 0.478 e. The van der Waals surface area contributed by atoms with Crippen LogP contribution in [0.15, 0.2) is 11.9 Å². The lowest BCUT2D eigenvalue weighted by molar-refractivity contribution is -0.422. The molecule has 0 amide bonds. The number of nitro groups is 1. The van der Waals surface area contributed by atoms with Gasteiger partial charge < -0.3 is 14.4 Å². The van der Waals surface area contributed by atoms with Crippen molar-refractivity contribution in [2.75, 3.05) is 6.61 Å². The minimum absolute atomic E-state index is 0.0694. The van der Waals surface area contributed by atoms with Crippen molar-refractivity contribution in [2.24, 2.45) is 0 Å². The van der Waals surface area contributed by atoms with Crippen LogP contribution in [-0.2, 0) is 11.5 Å². The number of carboxylic acids is 1. The third-order valence-electron chi connectivity index (χ3n) is 3.47. The molecule has 0 aliphatic carbocycles. The van der Waals surface area contributed by atoms with Gasteiger partial charge in [0.25, 0.3) is 0 Å². The highest BCUT2D eigenvalue weighted by Gasteiger charge is 2.19. The highest BCUT2D eigenvalue weighted by molar-refractivity contribution is 6.76. The summed E-state index contributed by atoms with van der Waals surface area (Å²) in [6.45, 7) is 10.6. The maximum atomic E-state index is 11.4. The lowest BCUT2D eigenvalue weighted by Gasteiger charge is -2.16. The molecule has 0 saturated carbocycles. The maximum Gasteiger partial charge on any atom is 0.338 e. The molecule has 8 heteroatoms. The Kier molecular flexibility index (Phi) is 6.28. The van der Waals surface area contributed by atoms with Gasteiger partial charge in [-0.05, 0) is 13.0 Å². The van der Waals surface area contributed by atoms with E-state index >= 15 is 0 Å². The fraction of sp³-hybridized carbons (Fsp3) is 0.533. The van der Waals surface area contributed by atoms with Gasteiger partial charge in [-0.3, -0.25) is 10.1 Å². The van der Waals surface area contributed by atoms with Gasteiger partial charge in [0.1, 0.15) is 6.73 Å². The molecule has 128 valence electrons. The van der Waals surface area contributed by atoms with Gasteiger partial charge in [-0.2, -0.15) is 0 Å². The molecular weight excluding hydrogens is 316 g/mol. The summed E-state index contributed by atoms with van der Waals surface area (Å²) in [4.78, 5) is 21.6. The predicted molar refractivity (Wildman–Crippen MR) is 90.9 cm³/mol. The SMILES string of the molecule is C/C(=C\c1cn(COCC[Si](C)(C)C)c(C)c1C(=O)O)[N+](=O)[O-]. The molecule has 0 aliphatic heterocycles. The molecule has 7 nitrogen and oxygen atoms in total. The van der Waals surface area contributed by atoms with Gasteiger partial charge in [0.05, 0.1) is 10.5 Å². The Morgan fingerprint density at radius 3 is 2.57 bits per heavy atom. The third kappa shape index (κ3) is 5.64. The Hall–Kier alpha value is -1.93. The summed E-state index contributed by atoms with van der Waals surface area (Å²) in [5, 5.41) is 20.1. The number of hydrogen-bond donors (Lipinski definition) is 1. The number of allylic oxidation sites excluding steroid dienone is 1. The molecule has 1 rings (SSSR count). The van der Waals surface area contributed by atoms with Crippen LogP contribution in [0.25, 0.3) is 6.08 Å². The molecular formula is C15H24N2O5Si. The smallest absolute Gasteiger partial charge is 0.338 e. The minimum atomic E-state index is -1.18. The van der Waals surface area contributed by atoms with E-state index in [1.165, 1.54) is 13.0 Å². The Morgan fingerprint density at radius 2 is 2.09 bits per heavy atom. The number of ether oxygens (including phenoxy) is 1. The Bertz CT molecular complexity index is 629. The number of rotatable bonds is 8. The molecule has 0 saturated heterocycles. The Balaban J connectivity index is 2.96. The molecule has 0 unspecified atom stereocenters. The van der Waals surface area contributed by atoms with Crippen molar-refractivity contribution in [3.8, 4) is 0 Å². The first-order valence-corrected chi connectivity index (χ1v) is 11.1. The van der Waals surface area contributed by atoms with Gasteiger partial charge in [0.2, 0.25) is 5.70 Å². The molecule has 0 radical (unpaired) electrons. The number of aromatic carboxylic acids is 1. The van der Waals surface area contributed by atoms with E-state index in [-0.39, 0.29) is 18.0 Å². The number of carboxylic acid groups (broad SMARTS) is 1. The van der Waals surface area contributed by atoms with Crippen molar-refractivity contribution in [2.45, 2.75) is 46.3 Å². The van der Waals surface area contributed by atoms with Crippen molar-refractivity contribution in [1.82, 2.24) is 4.57 Å². The molecule has 1 heterocycles. The van der Waals surface area contributed by atoms with Crippen molar-refractivity contribution in [3.05, 3.63) is 38.8 Å². The summed E-state index contributed by atoms with van der Waals surface area (Å²) in [6.07, 6.45) is 2.86. The quantitative estimate of drug-likeness (QED) is 0.338. The molecule has 0 atom stereocenters. The highest BCUT2D eigenvalue weighted by Crippen LogP contribution is 2.21. The predicted octanol–water partition coefficient (Wildman–Crippen LogP) is 3.44. The highest BCUT2D eigenvalue weighted by atomic mass is 28.3. The monoisotopic (exact) mass is 340 g/mol. The van der Waals surface area contributed by atoms with E-state index in [0.29, 0.717) is 17.9 Å². The molecule has 0 aliphatic rings. The molecule has 0 spiro atoms. The van der Waals surface area contributed by atoms with Crippen LogP contribution < -0.4 is 0 Å². The number of aromatic nitrogens is 1. The summed E-state index contributed by atoms with van der Waals surface area (Å²) in [5.41, 5.74) is 0.801. The third-order valence-corrected chi connectivity index (χ3v) is 5.17. The summed E-state index contributed by atoms with van der Waals surface area (Å²) in [5.74, 6) is -1.11. The standard InChI is InChI=1S/C15H24N2O5Si/c1-11(17(20)21)8-13-9-16(12(2)14(13)15(18)19)10-22-6-7-23(3,4)5/h8-9H,6-7,10H2,1-5H3,(H,18,19)/b11-8+. The van der Waals surface area contributed by atoms with Gasteiger partial charge in [-0.25, -0.2) is 4.79 Å². The molecule has 1 aromatic rings. The second-order valence-electron chi connectivity index (χ2n) is 6.71. The molecule has 0 aromatic carbocycles. The van der Waals surface area contributed by atoms with E-state index < -0.39 is 19.0 Å². The molecule has 23 heavy (non-hydrogen) atoms. The number of nitrogens with zero attached hydrogens (tertiary/aromatic N) is 2. The van der Waals surface area contributed by atoms with Crippen LogP contribution in [0, 0.1) is 17.0 Å². The van der Waals surface area contributed by atoms with Crippen LogP contribution >= 0.6 is 0 Å². The summed E-state index contributed by atoms with van der Waals surface area (Å²) in [7, 11) is -1.18. The van der Waals surface area contributed by atoms with Gasteiger partial charge in [-0.15, -0.1) is 0 Å². The van der Waals surface area contributed by atoms with Gasteiger partial charge in [-0.1, -0.05) is 19.6 Å². The fourth-order valence-electron chi connectivity index (χ4n) is 2.02. The number of hydrogen-bond acceptors (Lipinski definition) is 4. The normalized spacial score (nSPS) is 12.5. The summed E-state index contributed by atoms with van der Waals surface area (Å²) >= 11 is 0. The summed E-state index contributed by atoms with van der Waals surface area (Å²) < 4.78 is 7.30. The molecule has 0 fully saturated rings. The molecule has 1 aromatic heterocycles. The first-order valence-electron chi connectivity index (χ1n) is 7.36. The van der Waals surface area contributed by atoms with Crippen LogP contribution in [0.3, 0.4) is 0 Å². The van der Waals surface area contributed by atoms with Gasteiger partial charge in [0, 0.05) is 45.1 Å². The van der Waals surface area contributed by atoms with E-state index in [4.69, 9.17) is 4.74 Å². The molecule has 0 bridgehead atoms. The van der Waals surface area contributed by atoms with Crippen LogP contribution in [-0.4, -0.2) is 35.2 Å². The zero-order valence-electron chi connectivity index (χ0n) is 14.3. The molecule has 1 N–H and O–H groups in total. The summed E-state index contributed by atoms with van der Waals surface area (Å²) in [6, 6.07) is 1.02. The zero-order chi connectivity index (χ0) is 17.8. The fourth-order valence-corrected chi connectivity index (χ4v) is 2.78. The number of carbonyl (C=O) groups is 1. The minimum Gasteiger partial charge on any atom is -0.478 e. The maximum absolute atomic E-state index is 11.4. The van der Waals surface area contributed by atoms with E-state index in [0.717, 1.165) is 6.04 Å². The van der Waals surface area contributed by atoms with Crippen molar-refractivity contribution in [3.63, 3.8) is 0 Å². The Morgan fingerprint density at radius 1 is 1.48 bits per heavy atom. The first-order chi connectivity index (χ1) is 10.5. The van der Waals surface area contributed by atoms with E-state index in [1.807, 2.05) is 0 Å². The lowest BCUT2D eigenvalue weighted by atomic mass is 10.1. The van der Waals surface area contributed by atoms with Crippen LogP contribution in [0.4, 0.5) is 0 Å². The van der Waals surface area contributed by atoms with E-state index in [2.05, 4.69) is 19.6 Å². The second kappa shape index (κ2) is 7.56. The van der Waals surface area contributed by atoms with Crippen LogP contribution in [0.5, 0.6) is 0 Å². The topological polar surface area (TPSA) is 94.6 Å². The lowest BCUT2D eigenvalue weighted by Crippen LogP contribution is -2.22. The zero-order valence-corrected chi connectivity index (χ0v) is 15.3. The first kappa shape index (κ1) is 19.1. The average Bonchev–Trinajstić information content (AvgIpc) is 2.69. The van der Waals surface area contributed by atoms with Gasteiger partial charge in [0.15, 0.2) is 0 Å². The van der Waals surface area contributed by atoms with E-state index in [9.17, 15) is 20.0 Å². The van der Waals surface area contributed by atoms with E-state index in [1.54, 1.807) is 17.7 Å². The average molecular weight is 340 g/mol. The van der Waals surface area contributed by atoms with Crippen molar-refractivity contribution >= 4 is 20.1 Å². The Labute approximate surface area is 136 Å². The van der Waals surface area contributed by atoms with Gasteiger partial charge >= 0.3 is 5.97 Å². The van der Waals surface area contributed by atoms with Crippen LogP contribution in [0.1, 0.15) is 28.5 Å². The van der Waals surface area contributed by atoms with Crippen LogP contribution in [0.2, 0.25) is 25.7 Å². The second-order valence-corrected chi connectivity index (χ2v) is 12.3. The van der Waals surface area contributed by atoms with Crippen molar-refractivity contribution < 1.29 is 19.6 Å². The van der Waals surface area contributed by atoms with Crippen molar-refractivity contribution in [1.29, 1.82) is 0 Å².